The van der Waals surface area contributed by atoms with E-state index >= 15 is 0 Å². The highest BCUT2D eigenvalue weighted by Gasteiger charge is 2.20. The molecule has 4 nitrogen and oxygen atoms in total. The van der Waals surface area contributed by atoms with Gasteiger partial charge < -0.3 is 15.0 Å². The van der Waals surface area contributed by atoms with E-state index in [9.17, 15) is 4.79 Å². The minimum absolute atomic E-state index is 0.129. The lowest BCUT2D eigenvalue weighted by Gasteiger charge is -2.27. The molecule has 1 aliphatic heterocycles. The largest absolute Gasteiger partial charge is 0.378 e. The van der Waals surface area contributed by atoms with Gasteiger partial charge in [0.1, 0.15) is 0 Å². The van der Waals surface area contributed by atoms with Crippen LogP contribution in [0.25, 0.3) is 0 Å². The fraction of sp³-hybridized carbons (Fsp3) is 0.533. The van der Waals surface area contributed by atoms with Gasteiger partial charge in [0, 0.05) is 37.1 Å². The Morgan fingerprint density at radius 2 is 2.40 bits per heavy atom. The van der Waals surface area contributed by atoms with Crippen molar-refractivity contribution >= 4 is 17.5 Å². The number of nitrogens with zero attached hydrogens (tertiary/aromatic N) is 1. The van der Waals surface area contributed by atoms with E-state index in [1.807, 2.05) is 36.1 Å². The summed E-state index contributed by atoms with van der Waals surface area (Å²) in [4.78, 5) is 14.2. The number of nitrogens with one attached hydrogen (secondary N) is 1. The number of rotatable bonds is 5. The number of ether oxygens (including phenoxy) is 1. The molecule has 0 bridgehead atoms. The summed E-state index contributed by atoms with van der Waals surface area (Å²) in [5.41, 5.74) is 1.06. The molecule has 1 saturated heterocycles. The summed E-state index contributed by atoms with van der Waals surface area (Å²) in [6.07, 6.45) is 0.481. The molecule has 1 unspecified atom stereocenters. The van der Waals surface area contributed by atoms with Gasteiger partial charge in [-0.3, -0.25) is 4.79 Å². The zero-order valence-corrected chi connectivity index (χ0v) is 12.5. The van der Waals surface area contributed by atoms with Crippen LogP contribution in [0.2, 0.25) is 5.02 Å². The summed E-state index contributed by atoms with van der Waals surface area (Å²) in [5.74, 6) is 0.149. The first-order chi connectivity index (χ1) is 9.69. The minimum Gasteiger partial charge on any atom is -0.378 e. The average Bonchev–Trinajstić information content (AvgIpc) is 2.46. The van der Waals surface area contributed by atoms with E-state index in [0.29, 0.717) is 31.1 Å². The summed E-state index contributed by atoms with van der Waals surface area (Å²) < 4.78 is 5.38. The van der Waals surface area contributed by atoms with E-state index in [1.165, 1.54) is 0 Å². The summed E-state index contributed by atoms with van der Waals surface area (Å²) in [6.45, 7) is 5.44. The van der Waals surface area contributed by atoms with Crippen LogP contribution in [-0.4, -0.2) is 43.2 Å². The Hall–Kier alpha value is -1.10. The Bertz CT molecular complexity index is 447. The van der Waals surface area contributed by atoms with E-state index in [1.54, 1.807) is 0 Å². The van der Waals surface area contributed by atoms with Crippen LogP contribution in [0.1, 0.15) is 18.9 Å². The summed E-state index contributed by atoms with van der Waals surface area (Å²) in [6, 6.07) is 7.77. The molecule has 1 heterocycles. The zero-order chi connectivity index (χ0) is 14.4. The smallest absolute Gasteiger partial charge is 0.224 e. The minimum atomic E-state index is 0.129. The Morgan fingerprint density at radius 3 is 3.05 bits per heavy atom. The summed E-state index contributed by atoms with van der Waals surface area (Å²) in [7, 11) is 0. The molecule has 2 rings (SSSR count). The molecule has 1 N–H and O–H groups in total. The second-order valence-electron chi connectivity index (χ2n) is 4.97. The monoisotopic (exact) mass is 296 g/mol. The van der Waals surface area contributed by atoms with Gasteiger partial charge in [-0.25, -0.2) is 0 Å². The average molecular weight is 297 g/mol. The van der Waals surface area contributed by atoms with Crippen LogP contribution in [0, 0.1) is 0 Å². The molecule has 0 spiro atoms. The molecule has 1 aromatic rings. The van der Waals surface area contributed by atoms with Gasteiger partial charge in [0.15, 0.2) is 0 Å². The lowest BCUT2D eigenvalue weighted by molar-refractivity contribution is -0.132. The lowest BCUT2D eigenvalue weighted by Crippen LogP contribution is -2.45. The second kappa shape index (κ2) is 7.62. The van der Waals surface area contributed by atoms with Crippen molar-refractivity contribution in [1.82, 2.24) is 10.2 Å². The first-order valence-corrected chi connectivity index (χ1v) is 7.40. The van der Waals surface area contributed by atoms with Crippen LogP contribution in [0.5, 0.6) is 0 Å². The number of carbonyl (C=O) groups excluding carboxylic acids is 1. The van der Waals surface area contributed by atoms with Gasteiger partial charge in [0.05, 0.1) is 13.2 Å². The van der Waals surface area contributed by atoms with Crippen LogP contribution >= 0.6 is 11.6 Å². The number of hydrogen-bond donors (Lipinski definition) is 1. The van der Waals surface area contributed by atoms with Crippen LogP contribution < -0.4 is 5.32 Å². The van der Waals surface area contributed by atoms with Crippen molar-refractivity contribution < 1.29 is 9.53 Å². The van der Waals surface area contributed by atoms with Crippen molar-refractivity contribution in [3.63, 3.8) is 0 Å². The highest BCUT2D eigenvalue weighted by molar-refractivity contribution is 6.30. The van der Waals surface area contributed by atoms with Crippen molar-refractivity contribution in [1.29, 1.82) is 0 Å². The normalized spacial score (nSPS) is 18.8. The maximum atomic E-state index is 12.3. The summed E-state index contributed by atoms with van der Waals surface area (Å²) in [5, 5.41) is 4.01. The Kier molecular flexibility index (Phi) is 5.83. The van der Waals surface area contributed by atoms with Gasteiger partial charge >= 0.3 is 0 Å². The molecule has 20 heavy (non-hydrogen) atoms. The Morgan fingerprint density at radius 1 is 1.55 bits per heavy atom. The first-order valence-electron chi connectivity index (χ1n) is 7.02. The number of carbonyl (C=O) groups is 1. The number of hydrogen-bond acceptors (Lipinski definition) is 3. The molecule has 1 atom stereocenters. The van der Waals surface area contributed by atoms with Crippen molar-refractivity contribution in [3.05, 3.63) is 34.9 Å². The van der Waals surface area contributed by atoms with Crippen LogP contribution in [0.3, 0.4) is 0 Å². The van der Waals surface area contributed by atoms with Gasteiger partial charge in [0.25, 0.3) is 0 Å². The van der Waals surface area contributed by atoms with E-state index in [4.69, 9.17) is 16.3 Å². The predicted molar refractivity (Wildman–Crippen MR) is 79.8 cm³/mol. The third-order valence-corrected chi connectivity index (χ3v) is 3.65. The molecule has 1 amide bonds. The molecule has 1 aromatic carbocycles. The maximum absolute atomic E-state index is 12.3. The van der Waals surface area contributed by atoms with Crippen LogP contribution in [0.4, 0.5) is 0 Å². The maximum Gasteiger partial charge on any atom is 0.224 e. The van der Waals surface area contributed by atoms with Crippen molar-refractivity contribution in [3.8, 4) is 0 Å². The van der Waals surface area contributed by atoms with E-state index < -0.39 is 0 Å². The third kappa shape index (κ3) is 4.47. The van der Waals surface area contributed by atoms with Crippen molar-refractivity contribution in [2.75, 3.05) is 26.3 Å². The third-order valence-electron chi connectivity index (χ3n) is 3.42. The number of morpholine rings is 1. The molecular weight excluding hydrogens is 276 g/mol. The fourth-order valence-corrected chi connectivity index (χ4v) is 2.54. The van der Waals surface area contributed by atoms with Gasteiger partial charge in [-0.05, 0) is 24.6 Å². The fourth-order valence-electron chi connectivity index (χ4n) is 2.32. The molecule has 110 valence electrons. The molecular formula is C15H21ClN2O2. The molecule has 0 aliphatic carbocycles. The SMILES string of the molecule is CCN(Cc1cccc(Cl)c1)C(=O)CC1COCCN1. The molecule has 0 radical (unpaired) electrons. The van der Waals surface area contributed by atoms with E-state index in [0.717, 1.165) is 18.7 Å². The van der Waals surface area contributed by atoms with E-state index in [-0.39, 0.29) is 11.9 Å². The number of benzene rings is 1. The lowest BCUT2D eigenvalue weighted by atomic mass is 10.1. The van der Waals surface area contributed by atoms with Crippen LogP contribution in [-0.2, 0) is 16.1 Å². The quantitative estimate of drug-likeness (QED) is 0.904. The first kappa shape index (κ1) is 15.3. The number of halogens is 1. The zero-order valence-electron chi connectivity index (χ0n) is 11.8. The molecule has 0 aromatic heterocycles. The molecule has 1 fully saturated rings. The predicted octanol–water partition coefficient (Wildman–Crippen LogP) is 2.07. The summed E-state index contributed by atoms with van der Waals surface area (Å²) >= 11 is 5.98. The van der Waals surface area contributed by atoms with E-state index in [2.05, 4.69) is 5.32 Å². The van der Waals surface area contributed by atoms with Gasteiger partial charge in [0.2, 0.25) is 5.91 Å². The Balaban J connectivity index is 1.91. The standard InChI is InChI=1S/C15H21ClN2O2/c1-2-18(10-12-4-3-5-13(16)8-12)15(19)9-14-11-20-7-6-17-14/h3-5,8,14,17H,2,6-7,9-11H2,1H3. The molecule has 1 aliphatic rings. The Labute approximate surface area is 125 Å². The second-order valence-corrected chi connectivity index (χ2v) is 5.40. The van der Waals surface area contributed by atoms with Gasteiger partial charge in [-0.15, -0.1) is 0 Å². The molecule has 5 heteroatoms. The number of amides is 1. The van der Waals surface area contributed by atoms with Gasteiger partial charge in [-0.1, -0.05) is 23.7 Å². The highest BCUT2D eigenvalue weighted by atomic mass is 35.5. The molecule has 0 saturated carbocycles. The van der Waals surface area contributed by atoms with Crippen LogP contribution in [0.15, 0.2) is 24.3 Å². The van der Waals surface area contributed by atoms with Crippen molar-refractivity contribution in [2.45, 2.75) is 25.9 Å². The topological polar surface area (TPSA) is 41.6 Å². The van der Waals surface area contributed by atoms with Gasteiger partial charge in [-0.2, -0.15) is 0 Å². The highest BCUT2D eigenvalue weighted by Crippen LogP contribution is 2.13. The van der Waals surface area contributed by atoms with Crippen molar-refractivity contribution in [2.24, 2.45) is 0 Å².